The number of furan rings is 1. The van der Waals surface area contributed by atoms with Crippen LogP contribution in [-0.2, 0) is 11.3 Å². The van der Waals surface area contributed by atoms with Crippen molar-refractivity contribution in [3.63, 3.8) is 0 Å². The van der Waals surface area contributed by atoms with Gasteiger partial charge < -0.3 is 14.8 Å². The Labute approximate surface area is 147 Å². The van der Waals surface area contributed by atoms with Crippen molar-refractivity contribution < 1.29 is 14.3 Å². The number of nitrogens with zero attached hydrogens (tertiary/aromatic N) is 1. The molecular formula is C20H24N2O3. The normalized spacial score (nSPS) is 28.8. The second kappa shape index (κ2) is 7.02. The number of aliphatic hydroxyl groups is 1. The van der Waals surface area contributed by atoms with Crippen LogP contribution in [-0.4, -0.2) is 41.1 Å². The van der Waals surface area contributed by atoms with Gasteiger partial charge in [-0.15, -0.1) is 0 Å². The predicted molar refractivity (Wildman–Crippen MR) is 93.8 cm³/mol. The SMILES string of the molecule is O=C(NCC1CC(O)CN1Cc1ccccc1)C1CC1c1ccco1. The number of β-amino-alcohol motifs (C(OH)–C–C–N with tert-alkyl or cyclic N) is 1. The highest BCUT2D eigenvalue weighted by molar-refractivity contribution is 5.82. The lowest BCUT2D eigenvalue weighted by molar-refractivity contribution is -0.122. The third-order valence-corrected chi connectivity index (χ3v) is 5.28. The summed E-state index contributed by atoms with van der Waals surface area (Å²) >= 11 is 0. The fourth-order valence-corrected chi connectivity index (χ4v) is 3.83. The Morgan fingerprint density at radius 3 is 2.80 bits per heavy atom. The van der Waals surface area contributed by atoms with Gasteiger partial charge in [0.2, 0.25) is 5.91 Å². The lowest BCUT2D eigenvalue weighted by Gasteiger charge is -2.24. The Balaban J connectivity index is 1.30. The molecule has 4 unspecified atom stereocenters. The average molecular weight is 340 g/mol. The number of nitrogens with one attached hydrogen (secondary N) is 1. The first-order valence-corrected chi connectivity index (χ1v) is 8.98. The van der Waals surface area contributed by atoms with Gasteiger partial charge in [-0.1, -0.05) is 30.3 Å². The van der Waals surface area contributed by atoms with E-state index in [1.54, 1.807) is 6.26 Å². The summed E-state index contributed by atoms with van der Waals surface area (Å²) < 4.78 is 5.39. The van der Waals surface area contributed by atoms with Crippen molar-refractivity contribution in [2.75, 3.05) is 13.1 Å². The van der Waals surface area contributed by atoms with Gasteiger partial charge in [0.15, 0.2) is 0 Å². The first-order chi connectivity index (χ1) is 12.2. The molecule has 4 atom stereocenters. The number of amides is 1. The highest BCUT2D eigenvalue weighted by Gasteiger charge is 2.46. The van der Waals surface area contributed by atoms with Crippen LogP contribution >= 0.6 is 0 Å². The fourth-order valence-electron chi connectivity index (χ4n) is 3.83. The van der Waals surface area contributed by atoms with E-state index in [0.717, 1.165) is 18.7 Å². The van der Waals surface area contributed by atoms with Crippen LogP contribution in [0.3, 0.4) is 0 Å². The van der Waals surface area contributed by atoms with Crippen molar-refractivity contribution in [3.05, 3.63) is 60.1 Å². The van der Waals surface area contributed by atoms with Crippen LogP contribution in [0.15, 0.2) is 53.1 Å². The minimum atomic E-state index is -0.317. The third kappa shape index (κ3) is 3.78. The van der Waals surface area contributed by atoms with Gasteiger partial charge in [0.05, 0.1) is 12.4 Å². The van der Waals surface area contributed by atoms with Gasteiger partial charge in [0.25, 0.3) is 0 Å². The molecule has 1 aromatic heterocycles. The second-order valence-corrected chi connectivity index (χ2v) is 7.17. The van der Waals surface area contributed by atoms with Crippen LogP contribution in [0.25, 0.3) is 0 Å². The number of benzene rings is 1. The van der Waals surface area contributed by atoms with Crippen LogP contribution < -0.4 is 5.32 Å². The van der Waals surface area contributed by atoms with Crippen LogP contribution in [0.5, 0.6) is 0 Å². The number of hydrogen-bond donors (Lipinski definition) is 2. The molecule has 0 spiro atoms. The quantitative estimate of drug-likeness (QED) is 0.845. The third-order valence-electron chi connectivity index (χ3n) is 5.28. The lowest BCUT2D eigenvalue weighted by atomic mass is 10.1. The molecule has 1 amide bonds. The molecule has 1 saturated carbocycles. The Kier molecular flexibility index (Phi) is 4.59. The highest BCUT2D eigenvalue weighted by Crippen LogP contribution is 2.47. The largest absolute Gasteiger partial charge is 0.469 e. The van der Waals surface area contributed by atoms with Crippen LogP contribution in [0.1, 0.15) is 30.1 Å². The molecule has 2 heterocycles. The molecule has 2 aromatic rings. The summed E-state index contributed by atoms with van der Waals surface area (Å²) in [7, 11) is 0. The van der Waals surface area contributed by atoms with E-state index < -0.39 is 0 Å². The van der Waals surface area contributed by atoms with E-state index in [1.165, 1.54) is 5.56 Å². The monoisotopic (exact) mass is 340 g/mol. The standard InChI is InChI=1S/C20H24N2O3/c23-16-9-15(22(13-16)12-14-5-2-1-3-6-14)11-21-20(24)18-10-17(18)19-7-4-8-25-19/h1-8,15-18,23H,9-13H2,(H,21,24). The first-order valence-electron chi connectivity index (χ1n) is 8.98. The van der Waals surface area contributed by atoms with Crippen molar-refractivity contribution in [3.8, 4) is 0 Å². The summed E-state index contributed by atoms with van der Waals surface area (Å²) in [5.74, 6) is 1.26. The van der Waals surface area contributed by atoms with Crippen LogP contribution in [0.2, 0.25) is 0 Å². The molecule has 0 radical (unpaired) electrons. The van der Waals surface area contributed by atoms with E-state index in [1.807, 2.05) is 30.3 Å². The molecule has 2 aliphatic rings. The molecule has 2 N–H and O–H groups in total. The maximum Gasteiger partial charge on any atom is 0.223 e. The van der Waals surface area contributed by atoms with Crippen molar-refractivity contribution >= 4 is 5.91 Å². The van der Waals surface area contributed by atoms with E-state index in [-0.39, 0.29) is 29.9 Å². The molecular weight excluding hydrogens is 316 g/mol. The number of carbonyl (C=O) groups excluding carboxylic acids is 1. The van der Waals surface area contributed by atoms with Gasteiger partial charge >= 0.3 is 0 Å². The van der Waals surface area contributed by atoms with E-state index in [9.17, 15) is 9.90 Å². The summed E-state index contributed by atoms with van der Waals surface area (Å²) in [6, 6.07) is 14.2. The molecule has 0 bridgehead atoms. The minimum Gasteiger partial charge on any atom is -0.469 e. The molecule has 1 saturated heterocycles. The summed E-state index contributed by atoms with van der Waals surface area (Å²) in [5, 5.41) is 13.1. The van der Waals surface area contributed by atoms with Crippen LogP contribution in [0.4, 0.5) is 0 Å². The van der Waals surface area contributed by atoms with Gasteiger partial charge in [-0.05, 0) is 30.5 Å². The number of rotatable bonds is 6. The van der Waals surface area contributed by atoms with Crippen molar-refractivity contribution in [2.45, 2.75) is 37.5 Å². The Bertz CT molecular complexity index is 701. The minimum absolute atomic E-state index is 0.0278. The Morgan fingerprint density at radius 2 is 2.04 bits per heavy atom. The molecule has 5 heteroatoms. The first kappa shape index (κ1) is 16.4. The Morgan fingerprint density at radius 1 is 1.20 bits per heavy atom. The molecule has 1 aliphatic carbocycles. The second-order valence-electron chi connectivity index (χ2n) is 7.17. The smallest absolute Gasteiger partial charge is 0.223 e. The summed E-state index contributed by atoms with van der Waals surface area (Å²) in [6.07, 6.45) is 2.91. The van der Waals surface area contributed by atoms with Gasteiger partial charge in [-0.25, -0.2) is 0 Å². The van der Waals surface area contributed by atoms with Gasteiger partial charge in [-0.2, -0.15) is 0 Å². The fraction of sp³-hybridized carbons (Fsp3) is 0.450. The van der Waals surface area contributed by atoms with Crippen molar-refractivity contribution in [2.24, 2.45) is 5.92 Å². The molecule has 5 nitrogen and oxygen atoms in total. The highest BCUT2D eigenvalue weighted by atomic mass is 16.3. The van der Waals surface area contributed by atoms with E-state index in [0.29, 0.717) is 19.5 Å². The molecule has 1 aromatic carbocycles. The molecule has 25 heavy (non-hydrogen) atoms. The zero-order valence-electron chi connectivity index (χ0n) is 14.2. The maximum atomic E-state index is 12.4. The van der Waals surface area contributed by atoms with E-state index in [2.05, 4.69) is 22.3 Å². The molecule has 4 rings (SSSR count). The van der Waals surface area contributed by atoms with Gasteiger partial charge in [0, 0.05) is 37.5 Å². The zero-order valence-corrected chi connectivity index (χ0v) is 14.2. The topological polar surface area (TPSA) is 65.7 Å². The van der Waals surface area contributed by atoms with Crippen molar-refractivity contribution in [1.29, 1.82) is 0 Å². The number of likely N-dealkylation sites (tertiary alicyclic amines) is 1. The van der Waals surface area contributed by atoms with Crippen LogP contribution in [0, 0.1) is 5.92 Å². The van der Waals surface area contributed by atoms with E-state index >= 15 is 0 Å². The van der Waals surface area contributed by atoms with Crippen molar-refractivity contribution in [1.82, 2.24) is 10.2 Å². The zero-order chi connectivity index (χ0) is 17.2. The summed E-state index contributed by atoms with van der Waals surface area (Å²) in [6.45, 7) is 2.05. The molecule has 2 fully saturated rings. The predicted octanol–water partition coefficient (Wildman–Crippen LogP) is 2.13. The molecule has 132 valence electrons. The van der Waals surface area contributed by atoms with Gasteiger partial charge in [0.1, 0.15) is 5.76 Å². The summed E-state index contributed by atoms with van der Waals surface area (Å²) in [5.41, 5.74) is 1.23. The lowest BCUT2D eigenvalue weighted by Crippen LogP contribution is -2.40. The number of carbonyl (C=O) groups is 1. The average Bonchev–Trinajstić information content (AvgIpc) is 3.07. The number of hydrogen-bond acceptors (Lipinski definition) is 4. The molecule has 1 aliphatic heterocycles. The Hall–Kier alpha value is -2.11. The summed E-state index contributed by atoms with van der Waals surface area (Å²) in [4.78, 5) is 14.6. The van der Waals surface area contributed by atoms with E-state index in [4.69, 9.17) is 4.42 Å². The maximum absolute atomic E-state index is 12.4. The van der Waals surface area contributed by atoms with Gasteiger partial charge in [-0.3, -0.25) is 9.69 Å². The number of aliphatic hydroxyl groups excluding tert-OH is 1.